The second-order valence-corrected chi connectivity index (χ2v) is 18.2. The molecule has 0 aliphatic heterocycles. The van der Waals surface area contributed by atoms with Gasteiger partial charge in [-0.05, 0) is 109 Å². The summed E-state index contributed by atoms with van der Waals surface area (Å²) in [4.78, 5) is 2.45. The van der Waals surface area contributed by atoms with Crippen molar-refractivity contribution in [2.45, 2.75) is 5.41 Å². The second-order valence-electron chi connectivity index (χ2n) is 18.2. The van der Waals surface area contributed by atoms with Crippen LogP contribution in [0.25, 0.3) is 83.3 Å². The molecule has 10 aromatic carbocycles. The van der Waals surface area contributed by atoms with Crippen LogP contribution >= 0.6 is 0 Å². The highest BCUT2D eigenvalue weighted by molar-refractivity contribution is 6.10. The Hall–Kier alpha value is -9.05. The highest BCUT2D eigenvalue weighted by Gasteiger charge is 2.51. The molecule has 69 heavy (non-hydrogen) atoms. The first-order chi connectivity index (χ1) is 34.2. The maximum atomic E-state index is 5.55. The predicted octanol–water partition coefficient (Wildman–Crippen LogP) is 17.0. The maximum absolute atomic E-state index is 5.55. The van der Waals surface area contributed by atoms with E-state index in [0.29, 0.717) is 0 Å². The van der Waals surface area contributed by atoms with E-state index in [4.69, 9.17) is 5.10 Å². The Balaban J connectivity index is 1.05. The fraction of sp³-hybridized carbons (Fsp3) is 0.0152. The van der Waals surface area contributed by atoms with Gasteiger partial charge in [-0.1, -0.05) is 218 Å². The number of fused-ring (bicyclic) bond motifs is 13. The lowest BCUT2D eigenvalue weighted by Crippen LogP contribution is -2.26. The van der Waals surface area contributed by atoms with E-state index < -0.39 is 5.41 Å². The van der Waals surface area contributed by atoms with Crippen molar-refractivity contribution in [2.24, 2.45) is 0 Å². The number of hydrogen-bond acceptors (Lipinski definition) is 2. The topological polar surface area (TPSA) is 20.5 Å². The molecule has 2 aromatic heterocycles. The lowest BCUT2D eigenvalue weighted by Gasteiger charge is -2.32. The summed E-state index contributed by atoms with van der Waals surface area (Å²) >= 11 is 0. The van der Waals surface area contributed by atoms with Gasteiger partial charge in [0.2, 0.25) is 0 Å². The smallest absolute Gasteiger partial charge is 0.101 e. The molecule has 2 heterocycles. The van der Waals surface area contributed by atoms with Crippen LogP contribution in [0.1, 0.15) is 22.3 Å². The van der Waals surface area contributed by atoms with Crippen LogP contribution in [0, 0.1) is 0 Å². The third-order valence-corrected chi connectivity index (χ3v) is 14.6. The molecule has 0 radical (unpaired) electrons. The van der Waals surface area contributed by atoms with Crippen LogP contribution in [0.15, 0.2) is 261 Å². The van der Waals surface area contributed by atoms with Gasteiger partial charge in [0.25, 0.3) is 0 Å². The largest absolute Gasteiger partial charge is 0.310 e. The molecule has 2 aliphatic carbocycles. The van der Waals surface area contributed by atoms with Gasteiger partial charge < -0.3 is 4.90 Å². The molecule has 3 nitrogen and oxygen atoms in total. The van der Waals surface area contributed by atoms with Gasteiger partial charge >= 0.3 is 0 Å². The van der Waals surface area contributed by atoms with E-state index >= 15 is 0 Å². The third-order valence-electron chi connectivity index (χ3n) is 14.6. The minimum absolute atomic E-state index is 0.475. The van der Waals surface area contributed by atoms with Crippen LogP contribution in [0.4, 0.5) is 17.1 Å². The van der Waals surface area contributed by atoms with Gasteiger partial charge in [0.1, 0.15) is 5.69 Å². The fourth-order valence-electron chi connectivity index (χ4n) is 11.7. The van der Waals surface area contributed by atoms with Crippen molar-refractivity contribution in [2.75, 3.05) is 4.90 Å². The molecule has 1 spiro atoms. The van der Waals surface area contributed by atoms with Crippen molar-refractivity contribution in [3.8, 4) is 67.0 Å². The summed E-state index contributed by atoms with van der Waals surface area (Å²) in [5.41, 5.74) is 23.0. The zero-order valence-corrected chi connectivity index (χ0v) is 37.7. The van der Waals surface area contributed by atoms with E-state index in [1.807, 2.05) is 0 Å². The zero-order valence-electron chi connectivity index (χ0n) is 37.7. The molecule has 14 rings (SSSR count). The van der Waals surface area contributed by atoms with E-state index in [-0.39, 0.29) is 0 Å². The average Bonchev–Trinajstić information content (AvgIpc) is 4.07. The molecule has 0 atom stereocenters. The van der Waals surface area contributed by atoms with Crippen molar-refractivity contribution in [3.05, 3.63) is 283 Å². The third kappa shape index (κ3) is 5.90. The number of aromatic nitrogens is 2. The van der Waals surface area contributed by atoms with E-state index in [9.17, 15) is 0 Å². The van der Waals surface area contributed by atoms with Gasteiger partial charge in [-0.25, -0.2) is 4.52 Å². The summed E-state index contributed by atoms with van der Waals surface area (Å²) in [6, 6.07) is 95.4. The van der Waals surface area contributed by atoms with Crippen molar-refractivity contribution < 1.29 is 0 Å². The van der Waals surface area contributed by atoms with Crippen LogP contribution in [0.3, 0.4) is 0 Å². The first-order valence-corrected chi connectivity index (χ1v) is 23.8. The number of anilines is 3. The second kappa shape index (κ2) is 15.5. The summed E-state index contributed by atoms with van der Waals surface area (Å²) in [7, 11) is 0. The molecule has 322 valence electrons. The Kier molecular flexibility index (Phi) is 8.80. The van der Waals surface area contributed by atoms with E-state index in [0.717, 1.165) is 67.0 Å². The zero-order chi connectivity index (χ0) is 45.5. The number of benzene rings is 10. The number of rotatable bonds is 7. The molecule has 0 saturated carbocycles. The van der Waals surface area contributed by atoms with Gasteiger partial charge in [-0.15, -0.1) is 0 Å². The molecule has 0 unspecified atom stereocenters. The Morgan fingerprint density at radius 1 is 0.333 bits per heavy atom. The van der Waals surface area contributed by atoms with Gasteiger partial charge in [-0.2, -0.15) is 5.10 Å². The minimum Gasteiger partial charge on any atom is -0.310 e. The Labute approximate surface area is 401 Å². The first-order valence-electron chi connectivity index (χ1n) is 23.8. The molecule has 3 heteroatoms. The minimum atomic E-state index is -0.475. The predicted molar refractivity (Wildman–Crippen MR) is 285 cm³/mol. The summed E-state index contributed by atoms with van der Waals surface area (Å²) < 4.78 is 2.19. The molecular weight excluding hydrogens is 835 g/mol. The van der Waals surface area contributed by atoms with Gasteiger partial charge in [0.05, 0.1) is 16.6 Å². The highest BCUT2D eigenvalue weighted by Crippen LogP contribution is 2.63. The van der Waals surface area contributed by atoms with Crippen LogP contribution in [0.2, 0.25) is 0 Å². The standard InChI is InChI=1S/C66H43N3/c1-5-19-44(20-6-1)45-33-36-50(37-34-45)68(52-39-40-56-55-29-15-18-32-60(55)66(61(56)43-52)58-30-16-13-27-53(58)54-28-14-17-31-59(54)66)51-38-35-49-41-62(46-21-7-2-8-22-46)69-65(57(49)42-51)63(47-23-9-3-10-24-47)64(67-69)48-25-11-4-12-26-48/h1-43H. The Morgan fingerprint density at radius 2 is 0.783 bits per heavy atom. The van der Waals surface area contributed by atoms with Gasteiger partial charge in [-0.3, -0.25) is 0 Å². The Bertz CT molecular complexity index is 3870. The lowest BCUT2D eigenvalue weighted by atomic mass is 9.70. The average molecular weight is 878 g/mol. The first kappa shape index (κ1) is 39.1. The van der Waals surface area contributed by atoms with Crippen molar-refractivity contribution in [1.29, 1.82) is 0 Å². The number of hydrogen-bond donors (Lipinski definition) is 0. The molecule has 2 aliphatic rings. The highest BCUT2D eigenvalue weighted by atomic mass is 15.2. The monoisotopic (exact) mass is 877 g/mol. The molecule has 0 N–H and O–H groups in total. The summed E-state index contributed by atoms with van der Waals surface area (Å²) in [5, 5.41) is 7.82. The van der Waals surface area contributed by atoms with Crippen molar-refractivity contribution in [3.63, 3.8) is 0 Å². The SMILES string of the molecule is c1ccc(-c2ccc(N(c3ccc4c(c3)C3(c5ccccc5-c5ccccc53)c3ccccc3-4)c3ccc4cc(-c5ccccc5)n5nc(-c6ccccc6)c(-c6ccccc6)c5c4c3)cc2)cc1. The molecule has 0 fully saturated rings. The van der Waals surface area contributed by atoms with Crippen LogP contribution in [-0.4, -0.2) is 9.61 Å². The summed E-state index contributed by atoms with van der Waals surface area (Å²) in [5.74, 6) is 0. The van der Waals surface area contributed by atoms with Gasteiger partial charge in [0.15, 0.2) is 0 Å². The number of pyridine rings is 1. The molecular formula is C66H43N3. The van der Waals surface area contributed by atoms with E-state index in [1.54, 1.807) is 0 Å². The summed E-state index contributed by atoms with van der Waals surface area (Å²) in [6.07, 6.45) is 0. The molecule has 0 saturated heterocycles. The molecule has 0 bridgehead atoms. The van der Waals surface area contributed by atoms with Gasteiger partial charge in [0, 0.05) is 39.1 Å². The normalized spacial score (nSPS) is 12.8. The van der Waals surface area contributed by atoms with Crippen LogP contribution < -0.4 is 4.90 Å². The Morgan fingerprint density at radius 3 is 1.38 bits per heavy atom. The molecule has 0 amide bonds. The van der Waals surface area contributed by atoms with Crippen molar-refractivity contribution in [1.82, 2.24) is 9.61 Å². The lowest BCUT2D eigenvalue weighted by molar-refractivity contribution is 0.793. The van der Waals surface area contributed by atoms with E-state index in [2.05, 4.69) is 270 Å². The number of nitrogens with zero attached hydrogens (tertiary/aromatic N) is 3. The van der Waals surface area contributed by atoms with Crippen LogP contribution in [0.5, 0.6) is 0 Å². The quantitative estimate of drug-likeness (QED) is 0.159. The van der Waals surface area contributed by atoms with E-state index in [1.165, 1.54) is 55.6 Å². The van der Waals surface area contributed by atoms with Crippen LogP contribution in [-0.2, 0) is 5.41 Å². The van der Waals surface area contributed by atoms with Crippen molar-refractivity contribution >= 4 is 33.4 Å². The molecule has 12 aromatic rings. The summed E-state index contributed by atoms with van der Waals surface area (Å²) in [6.45, 7) is 0. The fourth-order valence-corrected chi connectivity index (χ4v) is 11.7. The maximum Gasteiger partial charge on any atom is 0.101 e.